The number of aromatic nitrogens is 3. The van der Waals surface area contributed by atoms with E-state index in [0.717, 1.165) is 37.3 Å². The van der Waals surface area contributed by atoms with Gasteiger partial charge in [0.25, 0.3) is 0 Å². The molecule has 5 nitrogen and oxygen atoms in total. The minimum Gasteiger partial charge on any atom is -0.378 e. The highest BCUT2D eigenvalue weighted by molar-refractivity contribution is 6.29. The van der Waals surface area contributed by atoms with E-state index < -0.39 is 0 Å². The molecule has 6 heteroatoms. The molecule has 1 atom stereocenters. The van der Waals surface area contributed by atoms with Crippen LogP contribution in [0.3, 0.4) is 0 Å². The first-order valence-electron chi connectivity index (χ1n) is 6.00. The van der Waals surface area contributed by atoms with Gasteiger partial charge in [-0.1, -0.05) is 11.6 Å². The van der Waals surface area contributed by atoms with Gasteiger partial charge in [-0.05, 0) is 19.2 Å². The molecular formula is C12H15ClN4O. The Morgan fingerprint density at radius 3 is 3.22 bits per heavy atom. The van der Waals surface area contributed by atoms with Gasteiger partial charge in [-0.15, -0.1) is 10.2 Å². The highest BCUT2D eigenvalue weighted by Gasteiger charge is 2.20. The van der Waals surface area contributed by atoms with Crippen molar-refractivity contribution in [3.8, 4) is 0 Å². The summed E-state index contributed by atoms with van der Waals surface area (Å²) in [7, 11) is 2.13. The van der Waals surface area contributed by atoms with Crippen molar-refractivity contribution in [3.05, 3.63) is 23.5 Å². The molecule has 0 spiro atoms. The molecule has 0 amide bonds. The van der Waals surface area contributed by atoms with Crippen molar-refractivity contribution in [2.45, 2.75) is 12.6 Å². The van der Waals surface area contributed by atoms with Gasteiger partial charge in [0.2, 0.25) is 0 Å². The number of halogens is 1. The fourth-order valence-corrected chi connectivity index (χ4v) is 2.42. The first-order chi connectivity index (χ1) is 8.74. The van der Waals surface area contributed by atoms with Crippen molar-refractivity contribution in [1.82, 2.24) is 19.7 Å². The Morgan fingerprint density at radius 1 is 1.50 bits per heavy atom. The predicted octanol–water partition coefficient (Wildman–Crippen LogP) is 1.42. The third-order valence-electron chi connectivity index (χ3n) is 3.41. The molecule has 1 aliphatic heterocycles. The van der Waals surface area contributed by atoms with Gasteiger partial charge in [0.15, 0.2) is 10.8 Å². The van der Waals surface area contributed by atoms with Crippen LogP contribution >= 0.6 is 11.6 Å². The second-order valence-corrected chi connectivity index (χ2v) is 5.01. The first kappa shape index (κ1) is 11.9. The summed E-state index contributed by atoms with van der Waals surface area (Å²) >= 11 is 5.83. The third-order valence-corrected chi connectivity index (χ3v) is 3.59. The zero-order chi connectivity index (χ0) is 12.5. The number of ether oxygens (including phenoxy) is 1. The van der Waals surface area contributed by atoms with Gasteiger partial charge < -0.3 is 9.30 Å². The second kappa shape index (κ2) is 4.84. The summed E-state index contributed by atoms with van der Waals surface area (Å²) in [6.07, 6.45) is 2.03. The number of hydrogen-bond donors (Lipinski definition) is 0. The minimum atomic E-state index is 0.381. The standard InChI is InChI=1S/C12H15ClN4O/c1-16-4-5-18-8-10(16)7-17-3-2-9-6-11(13)14-15-12(9)17/h2-3,6,10H,4-5,7-8H2,1H3. The summed E-state index contributed by atoms with van der Waals surface area (Å²) < 4.78 is 7.63. The lowest BCUT2D eigenvalue weighted by Crippen LogP contribution is -2.45. The number of morpholine rings is 1. The molecule has 18 heavy (non-hydrogen) atoms. The Hall–Kier alpha value is -1.17. The van der Waals surface area contributed by atoms with Crippen LogP contribution in [0.1, 0.15) is 0 Å². The van der Waals surface area contributed by atoms with Crippen molar-refractivity contribution in [2.75, 3.05) is 26.8 Å². The lowest BCUT2D eigenvalue weighted by molar-refractivity contribution is 0.000181. The maximum atomic E-state index is 5.83. The van der Waals surface area contributed by atoms with E-state index in [-0.39, 0.29) is 0 Å². The van der Waals surface area contributed by atoms with E-state index in [1.807, 2.05) is 18.3 Å². The van der Waals surface area contributed by atoms with Crippen LogP contribution < -0.4 is 0 Å². The van der Waals surface area contributed by atoms with E-state index in [4.69, 9.17) is 16.3 Å². The van der Waals surface area contributed by atoms with E-state index >= 15 is 0 Å². The van der Waals surface area contributed by atoms with Gasteiger partial charge in [-0.25, -0.2) is 0 Å². The van der Waals surface area contributed by atoms with E-state index in [9.17, 15) is 0 Å². The highest BCUT2D eigenvalue weighted by atomic mass is 35.5. The molecule has 1 unspecified atom stereocenters. The molecule has 96 valence electrons. The molecule has 0 radical (unpaired) electrons. The summed E-state index contributed by atoms with van der Waals surface area (Å²) in [6, 6.07) is 4.23. The van der Waals surface area contributed by atoms with Crippen molar-refractivity contribution in [3.63, 3.8) is 0 Å². The van der Waals surface area contributed by atoms with Gasteiger partial charge in [0.05, 0.1) is 19.3 Å². The van der Waals surface area contributed by atoms with E-state index in [2.05, 4.69) is 26.7 Å². The molecular weight excluding hydrogens is 252 g/mol. The van der Waals surface area contributed by atoms with Crippen LogP contribution in [-0.4, -0.2) is 52.5 Å². The SMILES string of the molecule is CN1CCOCC1Cn1ccc2cc(Cl)nnc21. The first-order valence-corrected chi connectivity index (χ1v) is 6.38. The Kier molecular flexibility index (Phi) is 3.20. The molecule has 0 saturated carbocycles. The van der Waals surface area contributed by atoms with Gasteiger partial charge >= 0.3 is 0 Å². The molecule has 1 saturated heterocycles. The molecule has 3 rings (SSSR count). The Bertz CT molecular complexity index is 556. The summed E-state index contributed by atoms with van der Waals surface area (Å²) in [5.74, 6) is 0. The monoisotopic (exact) mass is 266 g/mol. The maximum Gasteiger partial charge on any atom is 0.162 e. The average Bonchev–Trinajstić information content (AvgIpc) is 2.74. The molecule has 0 aliphatic carbocycles. The van der Waals surface area contributed by atoms with E-state index in [1.54, 1.807) is 0 Å². The highest BCUT2D eigenvalue weighted by Crippen LogP contribution is 2.17. The normalized spacial score (nSPS) is 21.6. The number of hydrogen-bond acceptors (Lipinski definition) is 4. The molecule has 1 aliphatic rings. The molecule has 2 aromatic heterocycles. The zero-order valence-electron chi connectivity index (χ0n) is 10.2. The lowest BCUT2D eigenvalue weighted by Gasteiger charge is -2.32. The summed E-state index contributed by atoms with van der Waals surface area (Å²) in [5, 5.41) is 9.51. The lowest BCUT2D eigenvalue weighted by atomic mass is 10.2. The number of fused-ring (bicyclic) bond motifs is 1. The molecule has 3 heterocycles. The summed E-state index contributed by atoms with van der Waals surface area (Å²) in [5.41, 5.74) is 0.873. The van der Waals surface area contributed by atoms with Crippen LogP contribution in [0.15, 0.2) is 18.3 Å². The van der Waals surface area contributed by atoms with Crippen molar-refractivity contribution >= 4 is 22.6 Å². The Labute approximate surface area is 110 Å². The van der Waals surface area contributed by atoms with Crippen LogP contribution in [0.2, 0.25) is 5.15 Å². The fourth-order valence-electron chi connectivity index (χ4n) is 2.27. The smallest absolute Gasteiger partial charge is 0.162 e. The van der Waals surface area contributed by atoms with Crippen molar-refractivity contribution in [1.29, 1.82) is 0 Å². The average molecular weight is 267 g/mol. The van der Waals surface area contributed by atoms with Crippen molar-refractivity contribution < 1.29 is 4.74 Å². The van der Waals surface area contributed by atoms with Crippen LogP contribution in [0.25, 0.3) is 11.0 Å². The fraction of sp³-hybridized carbons (Fsp3) is 0.500. The molecule has 0 aromatic carbocycles. The minimum absolute atomic E-state index is 0.381. The number of rotatable bonds is 2. The number of likely N-dealkylation sites (N-methyl/N-ethyl adjacent to an activating group) is 1. The van der Waals surface area contributed by atoms with Gasteiger partial charge in [-0.3, -0.25) is 4.90 Å². The molecule has 0 N–H and O–H groups in total. The zero-order valence-corrected chi connectivity index (χ0v) is 11.0. The molecule has 0 bridgehead atoms. The molecule has 1 fully saturated rings. The van der Waals surface area contributed by atoms with Crippen molar-refractivity contribution in [2.24, 2.45) is 0 Å². The van der Waals surface area contributed by atoms with Gasteiger partial charge in [-0.2, -0.15) is 0 Å². The predicted molar refractivity (Wildman–Crippen MR) is 69.8 cm³/mol. The van der Waals surface area contributed by atoms with Gasteiger partial charge in [0.1, 0.15) is 0 Å². The topological polar surface area (TPSA) is 43.2 Å². The van der Waals surface area contributed by atoms with Crippen LogP contribution in [0.5, 0.6) is 0 Å². The third kappa shape index (κ3) is 2.21. The summed E-state index contributed by atoms with van der Waals surface area (Å²) in [4.78, 5) is 2.32. The van der Waals surface area contributed by atoms with Gasteiger partial charge in [0, 0.05) is 24.7 Å². The number of nitrogens with zero attached hydrogens (tertiary/aromatic N) is 4. The van der Waals surface area contributed by atoms with Crippen LogP contribution in [0, 0.1) is 0 Å². The van der Waals surface area contributed by atoms with Crippen LogP contribution in [-0.2, 0) is 11.3 Å². The maximum absolute atomic E-state index is 5.83. The molecule has 2 aromatic rings. The second-order valence-electron chi connectivity index (χ2n) is 4.62. The quantitative estimate of drug-likeness (QED) is 0.825. The Morgan fingerprint density at radius 2 is 2.39 bits per heavy atom. The largest absolute Gasteiger partial charge is 0.378 e. The van der Waals surface area contributed by atoms with E-state index in [0.29, 0.717) is 11.2 Å². The Balaban J connectivity index is 1.86. The van der Waals surface area contributed by atoms with Crippen LogP contribution in [0.4, 0.5) is 0 Å². The van der Waals surface area contributed by atoms with E-state index in [1.165, 1.54) is 0 Å². The summed E-state index contributed by atoms with van der Waals surface area (Å²) in [6.45, 7) is 3.41.